The zero-order chi connectivity index (χ0) is 14.1. The number of hydrogen-bond acceptors (Lipinski definition) is 1. The number of nitrogens with zero attached hydrogens (tertiary/aromatic N) is 2. The van der Waals surface area contributed by atoms with Gasteiger partial charge in [-0.05, 0) is 37.0 Å². The first kappa shape index (κ1) is 14.2. The highest BCUT2D eigenvalue weighted by Gasteiger charge is 2.26. The number of hydrogen-bond donors (Lipinski definition) is 0. The molecule has 0 spiro atoms. The Labute approximate surface area is 130 Å². The number of aromatic nitrogens is 2. The third-order valence-electron chi connectivity index (χ3n) is 4.44. The Hall–Kier alpha value is -0.730. The lowest BCUT2D eigenvalue weighted by Gasteiger charge is -2.31. The first-order valence-corrected chi connectivity index (χ1v) is 8.34. The number of aryl methyl sites for hydroxylation is 1. The number of imidazole rings is 1. The van der Waals surface area contributed by atoms with Crippen LogP contribution in [0.5, 0.6) is 0 Å². The molecular weight excluding hydrogens is 291 g/mol. The Morgan fingerprint density at radius 2 is 2.10 bits per heavy atom. The van der Waals surface area contributed by atoms with Crippen molar-refractivity contribution in [1.29, 1.82) is 0 Å². The second-order valence-electron chi connectivity index (χ2n) is 5.80. The van der Waals surface area contributed by atoms with E-state index >= 15 is 0 Å². The first-order valence-electron chi connectivity index (χ1n) is 7.43. The summed E-state index contributed by atoms with van der Waals surface area (Å²) in [6.07, 6.45) is 5.99. The summed E-state index contributed by atoms with van der Waals surface area (Å²) in [5.41, 5.74) is 2.20. The molecule has 108 valence electrons. The predicted molar refractivity (Wildman–Crippen MR) is 85.8 cm³/mol. The van der Waals surface area contributed by atoms with Crippen LogP contribution in [0.4, 0.5) is 0 Å². The van der Waals surface area contributed by atoms with E-state index in [9.17, 15) is 0 Å². The van der Waals surface area contributed by atoms with Crippen molar-refractivity contribution < 1.29 is 0 Å². The van der Waals surface area contributed by atoms with Crippen molar-refractivity contribution in [3.8, 4) is 0 Å². The van der Waals surface area contributed by atoms with Crippen molar-refractivity contribution in [2.24, 2.45) is 5.92 Å². The minimum atomic E-state index is 0.533. The second kappa shape index (κ2) is 5.95. The summed E-state index contributed by atoms with van der Waals surface area (Å²) in [6.45, 7) is 2.35. The normalized spacial score (nSPS) is 23.4. The Kier molecular flexibility index (Phi) is 4.23. The topological polar surface area (TPSA) is 17.8 Å². The Balaban J connectivity index is 2.14. The zero-order valence-corrected chi connectivity index (χ0v) is 13.3. The molecule has 20 heavy (non-hydrogen) atoms. The third-order valence-corrected chi connectivity index (χ3v) is 4.86. The van der Waals surface area contributed by atoms with Crippen molar-refractivity contribution in [2.75, 3.05) is 5.88 Å². The average molecular weight is 311 g/mol. The Morgan fingerprint density at radius 1 is 1.30 bits per heavy atom. The van der Waals surface area contributed by atoms with E-state index in [2.05, 4.69) is 11.5 Å². The van der Waals surface area contributed by atoms with Gasteiger partial charge in [0.15, 0.2) is 0 Å². The van der Waals surface area contributed by atoms with Crippen LogP contribution in [0.3, 0.4) is 0 Å². The molecule has 0 radical (unpaired) electrons. The van der Waals surface area contributed by atoms with E-state index in [1.54, 1.807) is 0 Å². The summed E-state index contributed by atoms with van der Waals surface area (Å²) < 4.78 is 2.41. The van der Waals surface area contributed by atoms with E-state index in [0.717, 1.165) is 28.3 Å². The maximum absolute atomic E-state index is 6.19. The molecule has 0 amide bonds. The van der Waals surface area contributed by atoms with Crippen molar-refractivity contribution >= 4 is 34.2 Å². The number of halogens is 2. The summed E-state index contributed by atoms with van der Waals surface area (Å²) in [4.78, 5) is 4.77. The molecule has 1 aliphatic rings. The summed E-state index contributed by atoms with van der Waals surface area (Å²) in [5, 5.41) is 0.777. The molecule has 0 aliphatic heterocycles. The minimum Gasteiger partial charge on any atom is -0.325 e. The molecule has 0 saturated heterocycles. The number of alkyl halides is 1. The van der Waals surface area contributed by atoms with Gasteiger partial charge in [-0.3, -0.25) is 0 Å². The van der Waals surface area contributed by atoms with Gasteiger partial charge in [-0.1, -0.05) is 31.4 Å². The van der Waals surface area contributed by atoms with Crippen molar-refractivity contribution in [3.63, 3.8) is 0 Å². The highest BCUT2D eigenvalue weighted by atomic mass is 35.5. The molecular formula is C16H20Cl2N2. The third kappa shape index (κ3) is 2.56. The summed E-state index contributed by atoms with van der Waals surface area (Å²) in [5.74, 6) is 2.41. The highest BCUT2D eigenvalue weighted by Crippen LogP contribution is 2.37. The van der Waals surface area contributed by atoms with E-state index in [1.165, 1.54) is 25.7 Å². The van der Waals surface area contributed by atoms with Crippen LogP contribution in [0.2, 0.25) is 5.02 Å². The molecule has 0 bridgehead atoms. The molecule has 2 aromatic rings. The monoisotopic (exact) mass is 310 g/mol. The van der Waals surface area contributed by atoms with Crippen LogP contribution in [0.1, 0.15) is 44.5 Å². The van der Waals surface area contributed by atoms with Gasteiger partial charge in [0.25, 0.3) is 0 Å². The van der Waals surface area contributed by atoms with Crippen LogP contribution in [-0.4, -0.2) is 15.4 Å². The van der Waals surface area contributed by atoms with Crippen LogP contribution in [0.25, 0.3) is 11.0 Å². The number of rotatable bonds is 3. The standard InChI is InChI=1S/C16H20Cl2N2/c1-11-4-2-3-5-14(11)20-15-10-12(18)6-7-13(15)19-16(20)8-9-17/h6-7,10-11,14H,2-5,8-9H2,1H3. The molecule has 1 aromatic carbocycles. The van der Waals surface area contributed by atoms with Crippen LogP contribution in [0, 0.1) is 5.92 Å². The fraction of sp³-hybridized carbons (Fsp3) is 0.562. The quantitative estimate of drug-likeness (QED) is 0.710. The van der Waals surface area contributed by atoms with Gasteiger partial charge in [0, 0.05) is 23.4 Å². The molecule has 3 rings (SSSR count). The maximum Gasteiger partial charge on any atom is 0.111 e. The van der Waals surface area contributed by atoms with Crippen molar-refractivity contribution in [1.82, 2.24) is 9.55 Å². The van der Waals surface area contributed by atoms with Crippen molar-refractivity contribution in [2.45, 2.75) is 45.1 Å². The summed E-state index contributed by atoms with van der Waals surface area (Å²) >= 11 is 12.1. The first-order chi connectivity index (χ1) is 9.70. The van der Waals surface area contributed by atoms with Gasteiger partial charge in [0.1, 0.15) is 5.82 Å². The van der Waals surface area contributed by atoms with Gasteiger partial charge in [-0.25, -0.2) is 4.98 Å². The fourth-order valence-electron chi connectivity index (χ4n) is 3.43. The van der Waals surface area contributed by atoms with Crippen LogP contribution >= 0.6 is 23.2 Å². The van der Waals surface area contributed by atoms with E-state index in [0.29, 0.717) is 17.8 Å². The predicted octanol–water partition coefficient (Wildman–Crippen LogP) is 5.22. The lowest BCUT2D eigenvalue weighted by Crippen LogP contribution is -2.23. The SMILES string of the molecule is CC1CCCCC1n1c(CCCl)nc2ccc(Cl)cc21. The largest absolute Gasteiger partial charge is 0.325 e. The van der Waals surface area contributed by atoms with Crippen LogP contribution in [-0.2, 0) is 6.42 Å². The highest BCUT2D eigenvalue weighted by molar-refractivity contribution is 6.31. The maximum atomic E-state index is 6.19. The Bertz CT molecular complexity index is 606. The molecule has 1 aromatic heterocycles. The summed E-state index contributed by atoms with van der Waals surface area (Å²) in [7, 11) is 0. The van der Waals surface area contributed by atoms with Gasteiger partial charge in [0.2, 0.25) is 0 Å². The smallest absolute Gasteiger partial charge is 0.111 e. The minimum absolute atomic E-state index is 0.533. The van der Waals surface area contributed by atoms with Gasteiger partial charge < -0.3 is 4.57 Å². The second-order valence-corrected chi connectivity index (χ2v) is 6.61. The van der Waals surface area contributed by atoms with Crippen LogP contribution < -0.4 is 0 Å². The average Bonchev–Trinajstić information content (AvgIpc) is 2.77. The number of fused-ring (bicyclic) bond motifs is 1. The summed E-state index contributed by atoms with van der Waals surface area (Å²) in [6, 6.07) is 6.50. The Morgan fingerprint density at radius 3 is 2.85 bits per heavy atom. The molecule has 1 saturated carbocycles. The molecule has 0 N–H and O–H groups in total. The lowest BCUT2D eigenvalue weighted by atomic mass is 9.85. The molecule has 4 heteroatoms. The number of benzene rings is 1. The fourth-order valence-corrected chi connectivity index (χ4v) is 3.76. The molecule has 2 atom stereocenters. The van der Waals surface area contributed by atoms with E-state index in [4.69, 9.17) is 28.2 Å². The van der Waals surface area contributed by atoms with E-state index in [-0.39, 0.29) is 0 Å². The van der Waals surface area contributed by atoms with E-state index in [1.807, 2.05) is 18.2 Å². The molecule has 1 aliphatic carbocycles. The molecule has 2 nitrogen and oxygen atoms in total. The van der Waals surface area contributed by atoms with Gasteiger partial charge in [0.05, 0.1) is 11.0 Å². The van der Waals surface area contributed by atoms with Crippen LogP contribution in [0.15, 0.2) is 18.2 Å². The molecule has 1 heterocycles. The van der Waals surface area contributed by atoms with Gasteiger partial charge >= 0.3 is 0 Å². The lowest BCUT2D eigenvalue weighted by molar-refractivity contribution is 0.258. The molecule has 1 fully saturated rings. The van der Waals surface area contributed by atoms with E-state index < -0.39 is 0 Å². The molecule has 2 unspecified atom stereocenters. The van der Waals surface area contributed by atoms with Gasteiger partial charge in [-0.2, -0.15) is 0 Å². The van der Waals surface area contributed by atoms with Gasteiger partial charge in [-0.15, -0.1) is 11.6 Å². The zero-order valence-electron chi connectivity index (χ0n) is 11.8. The van der Waals surface area contributed by atoms with Crippen molar-refractivity contribution in [3.05, 3.63) is 29.0 Å².